The van der Waals surface area contributed by atoms with Crippen LogP contribution in [0, 0.1) is 12.8 Å². The molecule has 25 heavy (non-hydrogen) atoms. The summed E-state index contributed by atoms with van der Waals surface area (Å²) in [6, 6.07) is 7.75. The van der Waals surface area contributed by atoms with Crippen LogP contribution in [0.5, 0.6) is 0 Å². The molecule has 128 valence electrons. The van der Waals surface area contributed by atoms with Crippen molar-refractivity contribution in [3.63, 3.8) is 0 Å². The van der Waals surface area contributed by atoms with Gasteiger partial charge in [0.25, 0.3) is 0 Å². The van der Waals surface area contributed by atoms with E-state index < -0.39 is 0 Å². The SMILES string of the molecule is Cc1c(Cl)ccc2sc(N(Cc3cccnc3)C(=O)C3CCC3)nc12. The second-order valence-corrected chi connectivity index (χ2v) is 7.85. The summed E-state index contributed by atoms with van der Waals surface area (Å²) in [6.45, 7) is 2.46. The van der Waals surface area contributed by atoms with Crippen LogP contribution < -0.4 is 4.90 Å². The number of aromatic nitrogens is 2. The van der Waals surface area contributed by atoms with Crippen LogP contribution >= 0.6 is 22.9 Å². The van der Waals surface area contributed by atoms with Gasteiger partial charge in [-0.1, -0.05) is 35.4 Å². The van der Waals surface area contributed by atoms with Gasteiger partial charge in [-0.2, -0.15) is 0 Å². The number of halogens is 1. The number of rotatable bonds is 4. The minimum absolute atomic E-state index is 0.119. The molecule has 1 aliphatic rings. The normalized spacial score (nSPS) is 14.5. The summed E-state index contributed by atoms with van der Waals surface area (Å²) in [5.41, 5.74) is 2.84. The quantitative estimate of drug-likeness (QED) is 0.649. The second kappa shape index (κ2) is 6.73. The highest BCUT2D eigenvalue weighted by Gasteiger charge is 2.32. The minimum atomic E-state index is 0.119. The third-order valence-corrected chi connectivity index (χ3v) is 6.20. The fourth-order valence-electron chi connectivity index (χ4n) is 2.99. The Labute approximate surface area is 155 Å². The Morgan fingerprint density at radius 1 is 1.36 bits per heavy atom. The van der Waals surface area contributed by atoms with Gasteiger partial charge in [-0.3, -0.25) is 14.7 Å². The van der Waals surface area contributed by atoms with E-state index in [1.54, 1.807) is 23.7 Å². The van der Waals surface area contributed by atoms with Gasteiger partial charge in [-0.25, -0.2) is 4.98 Å². The first kappa shape index (κ1) is 16.5. The number of amides is 1. The number of fused-ring (bicyclic) bond motifs is 1. The van der Waals surface area contributed by atoms with Crippen LogP contribution in [0.3, 0.4) is 0 Å². The molecular formula is C19H18ClN3OS. The minimum Gasteiger partial charge on any atom is -0.283 e. The Bertz CT molecular complexity index is 921. The number of nitrogens with zero attached hydrogens (tertiary/aromatic N) is 3. The summed E-state index contributed by atoms with van der Waals surface area (Å²) in [5.74, 6) is 0.284. The van der Waals surface area contributed by atoms with E-state index in [-0.39, 0.29) is 11.8 Å². The molecule has 3 aromatic rings. The lowest BCUT2D eigenvalue weighted by Gasteiger charge is -2.30. The van der Waals surface area contributed by atoms with Crippen LogP contribution in [-0.4, -0.2) is 15.9 Å². The van der Waals surface area contributed by atoms with Crippen LogP contribution in [0.15, 0.2) is 36.7 Å². The number of aryl methyl sites for hydroxylation is 1. The zero-order valence-corrected chi connectivity index (χ0v) is 15.5. The van der Waals surface area contributed by atoms with Crippen molar-refractivity contribution in [1.82, 2.24) is 9.97 Å². The van der Waals surface area contributed by atoms with Gasteiger partial charge in [0, 0.05) is 23.3 Å². The number of hydrogen-bond donors (Lipinski definition) is 0. The first-order chi connectivity index (χ1) is 12.1. The molecule has 1 saturated carbocycles. The Morgan fingerprint density at radius 2 is 2.20 bits per heavy atom. The first-order valence-corrected chi connectivity index (χ1v) is 9.59. The van der Waals surface area contributed by atoms with E-state index in [2.05, 4.69) is 4.98 Å². The van der Waals surface area contributed by atoms with Crippen molar-refractivity contribution in [1.29, 1.82) is 0 Å². The smallest absolute Gasteiger partial charge is 0.232 e. The molecule has 0 bridgehead atoms. The largest absolute Gasteiger partial charge is 0.283 e. The maximum absolute atomic E-state index is 13.0. The molecule has 1 aromatic carbocycles. The Morgan fingerprint density at radius 3 is 2.88 bits per heavy atom. The number of pyridine rings is 1. The van der Waals surface area contributed by atoms with E-state index >= 15 is 0 Å². The van der Waals surface area contributed by atoms with Gasteiger partial charge in [-0.15, -0.1) is 0 Å². The number of thiazole rings is 1. The van der Waals surface area contributed by atoms with E-state index in [4.69, 9.17) is 16.6 Å². The molecule has 4 rings (SSSR count). The number of anilines is 1. The molecule has 2 heterocycles. The number of carbonyl (C=O) groups is 1. The van der Waals surface area contributed by atoms with E-state index in [1.165, 1.54) is 0 Å². The Kier molecular flexibility index (Phi) is 4.44. The molecule has 4 nitrogen and oxygen atoms in total. The van der Waals surface area contributed by atoms with Crippen molar-refractivity contribution in [2.24, 2.45) is 5.92 Å². The molecule has 0 N–H and O–H groups in total. The summed E-state index contributed by atoms with van der Waals surface area (Å²) < 4.78 is 1.05. The standard InChI is InChI=1S/C19H18ClN3OS/c1-12-15(20)7-8-16-17(12)22-19(25-16)23(18(24)14-5-2-6-14)11-13-4-3-9-21-10-13/h3-4,7-10,14H,2,5-6,11H2,1H3. The molecule has 1 aliphatic carbocycles. The van der Waals surface area contributed by atoms with Crippen LogP contribution in [0.25, 0.3) is 10.2 Å². The van der Waals surface area contributed by atoms with Gasteiger partial charge in [-0.05, 0) is 49.1 Å². The first-order valence-electron chi connectivity index (χ1n) is 8.39. The van der Waals surface area contributed by atoms with Gasteiger partial charge in [0.2, 0.25) is 5.91 Å². The Hall–Kier alpha value is -1.98. The summed E-state index contributed by atoms with van der Waals surface area (Å²) in [5, 5.41) is 1.44. The summed E-state index contributed by atoms with van der Waals surface area (Å²) in [6.07, 6.45) is 6.61. The van der Waals surface area contributed by atoms with Gasteiger partial charge in [0.15, 0.2) is 5.13 Å². The van der Waals surface area contributed by atoms with Crippen molar-refractivity contribution in [2.75, 3.05) is 4.90 Å². The number of hydrogen-bond acceptors (Lipinski definition) is 4. The van der Waals surface area contributed by atoms with E-state index in [9.17, 15) is 4.79 Å². The van der Waals surface area contributed by atoms with Gasteiger partial charge in [0.05, 0.1) is 16.8 Å². The predicted octanol–water partition coefficient (Wildman–Crippen LogP) is 4.99. The lowest BCUT2D eigenvalue weighted by Crippen LogP contribution is -2.38. The molecule has 0 unspecified atom stereocenters. The van der Waals surface area contributed by atoms with Gasteiger partial charge in [0.1, 0.15) is 0 Å². The molecule has 0 saturated heterocycles. The Balaban J connectivity index is 1.74. The highest BCUT2D eigenvalue weighted by Crippen LogP contribution is 2.36. The van der Waals surface area contributed by atoms with Crippen molar-refractivity contribution < 1.29 is 4.79 Å². The van der Waals surface area contributed by atoms with Crippen LogP contribution in [-0.2, 0) is 11.3 Å². The molecule has 0 radical (unpaired) electrons. The lowest BCUT2D eigenvalue weighted by molar-refractivity contribution is -0.124. The van der Waals surface area contributed by atoms with Crippen LogP contribution in [0.4, 0.5) is 5.13 Å². The average Bonchev–Trinajstić information content (AvgIpc) is 3.00. The van der Waals surface area contributed by atoms with E-state index in [1.807, 2.05) is 36.1 Å². The third-order valence-electron chi connectivity index (χ3n) is 4.75. The summed E-state index contributed by atoms with van der Waals surface area (Å²) >= 11 is 7.77. The van der Waals surface area contributed by atoms with E-state index in [0.717, 1.165) is 45.7 Å². The molecule has 2 aromatic heterocycles. The second-order valence-electron chi connectivity index (χ2n) is 6.43. The zero-order valence-electron chi connectivity index (χ0n) is 13.9. The van der Waals surface area contributed by atoms with Crippen molar-refractivity contribution in [3.05, 3.63) is 52.8 Å². The maximum Gasteiger partial charge on any atom is 0.232 e. The maximum atomic E-state index is 13.0. The summed E-state index contributed by atoms with van der Waals surface area (Å²) in [7, 11) is 0. The molecule has 1 fully saturated rings. The fraction of sp³-hybridized carbons (Fsp3) is 0.316. The average molecular weight is 372 g/mol. The highest BCUT2D eigenvalue weighted by molar-refractivity contribution is 7.22. The van der Waals surface area contributed by atoms with Crippen molar-refractivity contribution in [3.8, 4) is 0 Å². The predicted molar refractivity (Wildman–Crippen MR) is 102 cm³/mol. The highest BCUT2D eigenvalue weighted by atomic mass is 35.5. The zero-order chi connectivity index (χ0) is 17.4. The van der Waals surface area contributed by atoms with Gasteiger partial charge >= 0.3 is 0 Å². The third kappa shape index (κ3) is 3.14. The summed E-state index contributed by atoms with van der Waals surface area (Å²) in [4.78, 5) is 23.7. The monoisotopic (exact) mass is 371 g/mol. The fourth-order valence-corrected chi connectivity index (χ4v) is 4.18. The topological polar surface area (TPSA) is 46.1 Å². The molecule has 6 heteroatoms. The van der Waals surface area contributed by atoms with E-state index in [0.29, 0.717) is 11.6 Å². The van der Waals surface area contributed by atoms with Crippen LogP contribution in [0.2, 0.25) is 5.02 Å². The molecular weight excluding hydrogens is 354 g/mol. The van der Waals surface area contributed by atoms with Crippen LogP contribution in [0.1, 0.15) is 30.4 Å². The molecule has 0 atom stereocenters. The number of carbonyl (C=O) groups excluding carboxylic acids is 1. The molecule has 0 aliphatic heterocycles. The lowest BCUT2D eigenvalue weighted by atomic mass is 9.84. The van der Waals surface area contributed by atoms with Gasteiger partial charge < -0.3 is 0 Å². The molecule has 1 amide bonds. The van der Waals surface area contributed by atoms with Crippen molar-refractivity contribution in [2.45, 2.75) is 32.7 Å². The molecule has 0 spiro atoms. The number of benzene rings is 1. The van der Waals surface area contributed by atoms with Crippen molar-refractivity contribution >= 4 is 44.2 Å².